The molecule has 0 saturated heterocycles. The van der Waals surface area contributed by atoms with E-state index in [0.717, 1.165) is 33.2 Å². The van der Waals surface area contributed by atoms with Crippen molar-refractivity contribution < 1.29 is 17.9 Å². The van der Waals surface area contributed by atoms with Crippen molar-refractivity contribution >= 4 is 21.8 Å². The molecule has 4 aromatic carbocycles. The van der Waals surface area contributed by atoms with Gasteiger partial charge in [-0.2, -0.15) is 5.10 Å². The van der Waals surface area contributed by atoms with E-state index >= 15 is 0 Å². The fourth-order valence-electron chi connectivity index (χ4n) is 6.08. The first-order valence-corrected chi connectivity index (χ1v) is 14.9. The van der Waals surface area contributed by atoms with Gasteiger partial charge in [-0.15, -0.1) is 0 Å². The number of benzene rings is 4. The highest BCUT2D eigenvalue weighted by atomic mass is 19.1. The highest BCUT2D eigenvalue weighted by Crippen LogP contribution is 2.37. The third kappa shape index (κ3) is 4.92. The van der Waals surface area contributed by atoms with Gasteiger partial charge in [-0.25, -0.2) is 22.8 Å². The lowest BCUT2D eigenvalue weighted by Gasteiger charge is -2.12. The van der Waals surface area contributed by atoms with Crippen molar-refractivity contribution in [3.8, 4) is 34.1 Å². The van der Waals surface area contributed by atoms with Crippen LogP contribution in [-0.4, -0.2) is 19.3 Å². The maximum atomic E-state index is 14.9. The van der Waals surface area contributed by atoms with Crippen LogP contribution in [0, 0.1) is 24.4 Å². The molecule has 0 spiro atoms. The molecule has 0 aliphatic heterocycles. The monoisotopic (exact) mass is 602 g/mol. The normalized spacial score (nSPS) is 11.5. The predicted octanol–water partition coefficient (Wildman–Crippen LogP) is 9.67. The fraction of sp³-hybridized carbons (Fsp3) is 0.135. The Morgan fingerprint density at radius 1 is 0.711 bits per heavy atom. The molecule has 0 atom stereocenters. The van der Waals surface area contributed by atoms with Gasteiger partial charge >= 0.3 is 0 Å². The highest BCUT2D eigenvalue weighted by Gasteiger charge is 2.25. The lowest BCUT2D eigenvalue weighted by Crippen LogP contribution is -2.03. The van der Waals surface area contributed by atoms with Crippen LogP contribution in [-0.2, 0) is 12.8 Å². The first-order valence-electron chi connectivity index (χ1n) is 14.9. The summed E-state index contributed by atoms with van der Waals surface area (Å²) >= 11 is 0. The lowest BCUT2D eigenvalue weighted by atomic mass is 9.99. The van der Waals surface area contributed by atoms with Crippen LogP contribution in [0.2, 0.25) is 0 Å². The molecule has 0 amide bonds. The zero-order valence-electron chi connectivity index (χ0n) is 25.0. The topological polar surface area (TPSA) is 44.9 Å². The van der Waals surface area contributed by atoms with E-state index in [4.69, 9.17) is 9.84 Å². The number of hydrogen-bond acceptors (Lipinski definition) is 3. The Hall–Kier alpha value is -5.37. The molecule has 7 aromatic rings. The van der Waals surface area contributed by atoms with Gasteiger partial charge in [0.1, 0.15) is 34.8 Å². The first-order chi connectivity index (χ1) is 21.9. The Kier molecular flexibility index (Phi) is 7.12. The Morgan fingerprint density at radius 2 is 1.47 bits per heavy atom. The summed E-state index contributed by atoms with van der Waals surface area (Å²) in [4.78, 5) is 4.66. The molecule has 45 heavy (non-hydrogen) atoms. The molecular weight excluding hydrogens is 573 g/mol. The second-order valence-electron chi connectivity index (χ2n) is 11.0. The number of halogens is 3. The van der Waals surface area contributed by atoms with Gasteiger partial charge < -0.3 is 4.74 Å². The van der Waals surface area contributed by atoms with Gasteiger partial charge in [0, 0.05) is 46.8 Å². The van der Waals surface area contributed by atoms with Gasteiger partial charge in [0.25, 0.3) is 0 Å². The number of nitrogens with zero attached hydrogens (tertiary/aromatic N) is 4. The maximum Gasteiger partial charge on any atom is 0.137 e. The summed E-state index contributed by atoms with van der Waals surface area (Å²) < 4.78 is 53.8. The Bertz CT molecular complexity index is 2210. The van der Waals surface area contributed by atoms with Gasteiger partial charge in [-0.3, -0.25) is 4.57 Å². The minimum absolute atomic E-state index is 0.268. The Balaban J connectivity index is 1.31. The number of aryl methyl sites for hydroxylation is 2. The van der Waals surface area contributed by atoms with Crippen LogP contribution in [0.1, 0.15) is 30.8 Å². The van der Waals surface area contributed by atoms with E-state index in [1.54, 1.807) is 4.68 Å². The van der Waals surface area contributed by atoms with Gasteiger partial charge in [0.05, 0.1) is 33.7 Å². The molecule has 0 aliphatic carbocycles. The average molecular weight is 603 g/mol. The average Bonchev–Trinajstić information content (AvgIpc) is 3.56. The van der Waals surface area contributed by atoms with Crippen molar-refractivity contribution in [2.45, 2.75) is 33.6 Å². The summed E-state index contributed by atoms with van der Waals surface area (Å²) in [6.45, 7) is 5.81. The van der Waals surface area contributed by atoms with E-state index in [1.165, 1.54) is 0 Å². The SMILES string of the molecule is CCc1nn(-c2cccc(Oc3ccc4c5ccccc5n(-c5cc(C)ccn5)c4c3)c2)c(CC)c1-c1c(F)cc(F)cc1F. The summed E-state index contributed by atoms with van der Waals surface area (Å²) in [5.74, 6) is -0.847. The van der Waals surface area contributed by atoms with Gasteiger partial charge in [0.15, 0.2) is 0 Å². The number of hydrogen-bond donors (Lipinski definition) is 0. The molecule has 0 saturated carbocycles. The van der Waals surface area contributed by atoms with Crippen molar-refractivity contribution in [2.75, 3.05) is 0 Å². The largest absolute Gasteiger partial charge is 0.457 e. The molecule has 7 rings (SSSR count). The summed E-state index contributed by atoms with van der Waals surface area (Å²) in [7, 11) is 0. The third-order valence-corrected chi connectivity index (χ3v) is 8.05. The third-order valence-electron chi connectivity index (χ3n) is 8.05. The van der Waals surface area contributed by atoms with Crippen molar-refractivity contribution in [1.82, 2.24) is 19.3 Å². The van der Waals surface area contributed by atoms with Gasteiger partial charge in [0.2, 0.25) is 0 Å². The van der Waals surface area contributed by atoms with Gasteiger partial charge in [-0.05, 0) is 67.8 Å². The standard InChI is InChI=1S/C37H29F3N4O/c1-4-31-37(36-29(39)18-23(38)19-30(36)40)32(5-2)44(42-31)24-9-8-10-25(20-24)45-26-13-14-28-27-11-6-7-12-33(27)43(34(28)21-26)35-17-22(3)15-16-41-35/h6-21H,4-5H2,1-3H3. The molecule has 0 unspecified atom stereocenters. The Labute approximate surface area is 258 Å². The summed E-state index contributed by atoms with van der Waals surface area (Å²) in [6, 6.07) is 27.1. The van der Waals surface area contributed by atoms with Crippen LogP contribution in [0.5, 0.6) is 11.5 Å². The molecule has 0 fully saturated rings. The molecule has 5 nitrogen and oxygen atoms in total. The van der Waals surface area contributed by atoms with Crippen LogP contribution in [0.25, 0.3) is 44.4 Å². The molecule has 0 bridgehead atoms. The van der Waals surface area contributed by atoms with Crippen molar-refractivity contribution in [1.29, 1.82) is 0 Å². The predicted molar refractivity (Wildman–Crippen MR) is 171 cm³/mol. The van der Waals surface area contributed by atoms with E-state index in [9.17, 15) is 13.2 Å². The van der Waals surface area contributed by atoms with Crippen molar-refractivity contribution in [3.63, 3.8) is 0 Å². The quantitative estimate of drug-likeness (QED) is 0.182. The molecule has 0 aliphatic rings. The molecule has 0 N–H and O–H groups in total. The highest BCUT2D eigenvalue weighted by molar-refractivity contribution is 6.09. The smallest absolute Gasteiger partial charge is 0.137 e. The van der Waals surface area contributed by atoms with Crippen molar-refractivity contribution in [3.05, 3.63) is 132 Å². The van der Waals surface area contributed by atoms with E-state index in [2.05, 4.69) is 33.8 Å². The van der Waals surface area contributed by atoms with Crippen molar-refractivity contribution in [2.24, 2.45) is 0 Å². The molecule has 8 heteroatoms. The number of rotatable bonds is 7. The number of para-hydroxylation sites is 1. The maximum absolute atomic E-state index is 14.9. The summed E-state index contributed by atoms with van der Waals surface area (Å²) in [5, 5.41) is 6.94. The molecule has 3 aromatic heterocycles. The molecule has 0 radical (unpaired) electrons. The zero-order valence-corrected chi connectivity index (χ0v) is 25.0. The number of fused-ring (bicyclic) bond motifs is 3. The summed E-state index contributed by atoms with van der Waals surface area (Å²) in [6.07, 6.45) is 2.69. The fourth-order valence-corrected chi connectivity index (χ4v) is 6.08. The summed E-state index contributed by atoms with van der Waals surface area (Å²) in [5.41, 5.74) is 5.01. The van der Waals surface area contributed by atoms with E-state index in [0.29, 0.717) is 59.1 Å². The molecule has 3 heterocycles. The van der Waals surface area contributed by atoms with Crippen LogP contribution >= 0.6 is 0 Å². The number of aromatic nitrogens is 4. The molecule has 224 valence electrons. The van der Waals surface area contributed by atoms with E-state index in [1.807, 2.05) is 81.6 Å². The number of ether oxygens (including phenoxy) is 1. The van der Waals surface area contributed by atoms with Crippen LogP contribution in [0.3, 0.4) is 0 Å². The minimum atomic E-state index is -0.962. The van der Waals surface area contributed by atoms with E-state index < -0.39 is 17.5 Å². The van der Waals surface area contributed by atoms with Crippen LogP contribution in [0.15, 0.2) is 97.2 Å². The first kappa shape index (κ1) is 28.4. The second-order valence-corrected chi connectivity index (χ2v) is 11.0. The lowest BCUT2D eigenvalue weighted by molar-refractivity contribution is 0.482. The van der Waals surface area contributed by atoms with Crippen LogP contribution < -0.4 is 4.74 Å². The zero-order chi connectivity index (χ0) is 31.2. The minimum Gasteiger partial charge on any atom is -0.457 e. The number of pyridine rings is 1. The van der Waals surface area contributed by atoms with Gasteiger partial charge in [-0.1, -0.05) is 38.1 Å². The second kappa shape index (κ2) is 11.3. The molecular formula is C37H29F3N4O. The Morgan fingerprint density at radius 3 is 2.22 bits per heavy atom. The van der Waals surface area contributed by atoms with E-state index in [-0.39, 0.29) is 5.56 Å². The van der Waals surface area contributed by atoms with Crippen LogP contribution in [0.4, 0.5) is 13.2 Å².